The van der Waals surface area contributed by atoms with Gasteiger partial charge in [-0.3, -0.25) is 9.67 Å². The molecule has 0 bridgehead atoms. The molecule has 0 aliphatic rings. The van der Waals surface area contributed by atoms with Gasteiger partial charge in [0.1, 0.15) is 5.75 Å². The van der Waals surface area contributed by atoms with Gasteiger partial charge in [-0.05, 0) is 51.9 Å². The third kappa shape index (κ3) is 3.81. The van der Waals surface area contributed by atoms with E-state index in [-0.39, 0.29) is 5.75 Å². The second-order valence-electron chi connectivity index (χ2n) is 5.10. The predicted octanol–water partition coefficient (Wildman–Crippen LogP) is 2.09. The number of aromatic hydroxyl groups is 1. The van der Waals surface area contributed by atoms with E-state index in [1.54, 1.807) is 6.07 Å². The van der Waals surface area contributed by atoms with Gasteiger partial charge in [-0.2, -0.15) is 5.10 Å². The van der Waals surface area contributed by atoms with Crippen LogP contribution in [0.3, 0.4) is 0 Å². The van der Waals surface area contributed by atoms with Gasteiger partial charge < -0.3 is 10.4 Å². The molecule has 0 saturated carbocycles. The summed E-state index contributed by atoms with van der Waals surface area (Å²) in [5.41, 5.74) is 3.88. The summed E-state index contributed by atoms with van der Waals surface area (Å²) >= 11 is 0. The molecule has 0 fully saturated rings. The summed E-state index contributed by atoms with van der Waals surface area (Å²) < 4.78 is 2.03. The van der Waals surface area contributed by atoms with E-state index in [0.29, 0.717) is 12.2 Å². The summed E-state index contributed by atoms with van der Waals surface area (Å²) in [6.07, 6.45) is 0.995. The minimum atomic E-state index is 0.252. The number of aryl methyl sites for hydroxylation is 4. The van der Waals surface area contributed by atoms with E-state index in [4.69, 9.17) is 0 Å². The normalized spacial score (nSPS) is 10.9. The minimum Gasteiger partial charge on any atom is -0.506 e. The molecule has 2 heterocycles. The Kier molecular flexibility index (Phi) is 4.74. The average Bonchev–Trinajstić information content (AvgIpc) is 2.71. The van der Waals surface area contributed by atoms with Crippen LogP contribution in [0.25, 0.3) is 0 Å². The molecule has 2 N–H and O–H groups in total. The average molecular weight is 274 g/mol. The van der Waals surface area contributed by atoms with Crippen molar-refractivity contribution in [3.8, 4) is 5.75 Å². The smallest absolute Gasteiger partial charge is 0.138 e. The zero-order valence-corrected chi connectivity index (χ0v) is 12.3. The van der Waals surface area contributed by atoms with Gasteiger partial charge in [-0.25, -0.2) is 0 Å². The van der Waals surface area contributed by atoms with E-state index < -0.39 is 0 Å². The van der Waals surface area contributed by atoms with Crippen molar-refractivity contribution in [1.82, 2.24) is 20.1 Å². The first-order valence-electron chi connectivity index (χ1n) is 6.93. The van der Waals surface area contributed by atoms with Gasteiger partial charge in [0.25, 0.3) is 0 Å². The predicted molar refractivity (Wildman–Crippen MR) is 78.7 cm³/mol. The molecular weight excluding hydrogens is 252 g/mol. The number of rotatable bonds is 6. The highest BCUT2D eigenvalue weighted by Gasteiger charge is 2.03. The molecule has 0 radical (unpaired) electrons. The Labute approximate surface area is 119 Å². The SMILES string of the molecule is Cc1ccc(O)c(CNCCCn2nc(C)cc2C)n1. The second kappa shape index (κ2) is 6.52. The first-order valence-corrected chi connectivity index (χ1v) is 6.93. The molecular formula is C15H22N4O. The maximum absolute atomic E-state index is 9.69. The molecule has 5 heteroatoms. The third-order valence-corrected chi connectivity index (χ3v) is 3.21. The van der Waals surface area contributed by atoms with Crippen LogP contribution in [0, 0.1) is 20.8 Å². The van der Waals surface area contributed by atoms with E-state index in [1.807, 2.05) is 24.6 Å². The molecule has 2 aromatic rings. The van der Waals surface area contributed by atoms with Crippen molar-refractivity contribution in [3.05, 3.63) is 41.0 Å². The number of nitrogens with zero attached hydrogens (tertiary/aromatic N) is 3. The topological polar surface area (TPSA) is 63.0 Å². The van der Waals surface area contributed by atoms with E-state index >= 15 is 0 Å². The Morgan fingerprint density at radius 3 is 2.70 bits per heavy atom. The molecule has 0 atom stereocenters. The van der Waals surface area contributed by atoms with Crippen molar-refractivity contribution in [3.63, 3.8) is 0 Å². The standard InChI is InChI=1S/C15H22N4O/c1-11-5-6-15(20)14(17-11)10-16-7-4-8-19-13(3)9-12(2)18-19/h5-6,9,16,20H,4,7-8,10H2,1-3H3. The molecule has 0 unspecified atom stereocenters. The van der Waals surface area contributed by atoms with Crippen LogP contribution in [0.4, 0.5) is 0 Å². The zero-order chi connectivity index (χ0) is 14.5. The molecule has 0 aromatic carbocycles. The quantitative estimate of drug-likeness (QED) is 0.792. The van der Waals surface area contributed by atoms with Gasteiger partial charge in [0.05, 0.1) is 11.4 Å². The zero-order valence-electron chi connectivity index (χ0n) is 12.3. The van der Waals surface area contributed by atoms with Crippen molar-refractivity contribution >= 4 is 0 Å². The maximum Gasteiger partial charge on any atom is 0.138 e. The summed E-state index contributed by atoms with van der Waals surface area (Å²) in [5.74, 6) is 0.252. The molecule has 0 aliphatic heterocycles. The summed E-state index contributed by atoms with van der Waals surface area (Å²) in [6.45, 7) is 8.36. The minimum absolute atomic E-state index is 0.252. The van der Waals surface area contributed by atoms with Crippen molar-refractivity contribution in [1.29, 1.82) is 0 Å². The fraction of sp³-hybridized carbons (Fsp3) is 0.467. The Balaban J connectivity index is 1.74. The van der Waals surface area contributed by atoms with Gasteiger partial charge in [-0.1, -0.05) is 0 Å². The molecule has 2 aromatic heterocycles. The van der Waals surface area contributed by atoms with Gasteiger partial charge in [0.15, 0.2) is 0 Å². The molecule has 108 valence electrons. The van der Waals surface area contributed by atoms with Crippen LogP contribution in [-0.2, 0) is 13.1 Å². The van der Waals surface area contributed by atoms with Gasteiger partial charge in [0.2, 0.25) is 0 Å². The highest BCUT2D eigenvalue weighted by molar-refractivity contribution is 5.27. The van der Waals surface area contributed by atoms with Crippen molar-refractivity contribution in [2.75, 3.05) is 6.54 Å². The van der Waals surface area contributed by atoms with Crippen LogP contribution in [0.15, 0.2) is 18.2 Å². The number of nitrogens with one attached hydrogen (secondary N) is 1. The molecule has 0 aliphatic carbocycles. The largest absolute Gasteiger partial charge is 0.506 e. The summed E-state index contributed by atoms with van der Waals surface area (Å²) in [4.78, 5) is 4.32. The van der Waals surface area contributed by atoms with Crippen LogP contribution in [0.1, 0.15) is 29.2 Å². The Bertz CT molecular complexity index is 577. The fourth-order valence-corrected chi connectivity index (χ4v) is 2.20. The molecule has 5 nitrogen and oxygen atoms in total. The molecule has 0 spiro atoms. The first-order chi connectivity index (χ1) is 9.56. The lowest BCUT2D eigenvalue weighted by Crippen LogP contribution is -2.18. The fourth-order valence-electron chi connectivity index (χ4n) is 2.20. The van der Waals surface area contributed by atoms with E-state index in [1.165, 1.54) is 5.69 Å². The van der Waals surface area contributed by atoms with E-state index in [0.717, 1.165) is 30.9 Å². The highest BCUT2D eigenvalue weighted by Crippen LogP contribution is 2.14. The second-order valence-corrected chi connectivity index (χ2v) is 5.10. The molecule has 2 rings (SSSR count). The highest BCUT2D eigenvalue weighted by atomic mass is 16.3. The van der Waals surface area contributed by atoms with Gasteiger partial charge in [-0.15, -0.1) is 0 Å². The van der Waals surface area contributed by atoms with Crippen molar-refractivity contribution in [2.45, 2.75) is 40.3 Å². The lowest BCUT2D eigenvalue weighted by molar-refractivity contribution is 0.456. The van der Waals surface area contributed by atoms with Crippen LogP contribution in [0.2, 0.25) is 0 Å². The lowest BCUT2D eigenvalue weighted by atomic mass is 10.3. The van der Waals surface area contributed by atoms with Crippen LogP contribution in [-0.4, -0.2) is 26.4 Å². The lowest BCUT2D eigenvalue weighted by Gasteiger charge is -2.08. The molecule has 0 amide bonds. The number of hydrogen-bond donors (Lipinski definition) is 2. The Morgan fingerprint density at radius 1 is 1.20 bits per heavy atom. The third-order valence-electron chi connectivity index (χ3n) is 3.21. The summed E-state index contributed by atoms with van der Waals surface area (Å²) in [5, 5.41) is 17.4. The number of aromatic nitrogens is 3. The number of hydrogen-bond acceptors (Lipinski definition) is 4. The van der Waals surface area contributed by atoms with Crippen molar-refractivity contribution < 1.29 is 5.11 Å². The van der Waals surface area contributed by atoms with Gasteiger partial charge in [0, 0.05) is 24.5 Å². The Hall–Kier alpha value is -1.88. The van der Waals surface area contributed by atoms with Crippen LogP contribution >= 0.6 is 0 Å². The van der Waals surface area contributed by atoms with Crippen LogP contribution < -0.4 is 5.32 Å². The maximum atomic E-state index is 9.69. The molecule has 20 heavy (non-hydrogen) atoms. The first kappa shape index (κ1) is 14.5. The van der Waals surface area contributed by atoms with Gasteiger partial charge >= 0.3 is 0 Å². The summed E-state index contributed by atoms with van der Waals surface area (Å²) in [6, 6.07) is 5.58. The van der Waals surface area contributed by atoms with E-state index in [9.17, 15) is 5.11 Å². The van der Waals surface area contributed by atoms with Crippen LogP contribution in [0.5, 0.6) is 5.75 Å². The van der Waals surface area contributed by atoms with E-state index in [2.05, 4.69) is 28.4 Å². The summed E-state index contributed by atoms with van der Waals surface area (Å²) in [7, 11) is 0. The molecule has 0 saturated heterocycles. The van der Waals surface area contributed by atoms with Crippen molar-refractivity contribution in [2.24, 2.45) is 0 Å². The Morgan fingerprint density at radius 2 is 2.00 bits per heavy atom. The number of pyridine rings is 1. The monoisotopic (exact) mass is 274 g/mol.